The van der Waals surface area contributed by atoms with Crippen LogP contribution in [0.25, 0.3) is 21.9 Å². The highest BCUT2D eigenvalue weighted by atomic mass is 16.4. The van der Waals surface area contributed by atoms with Gasteiger partial charge in [0.1, 0.15) is 0 Å². The maximum absolute atomic E-state index is 13.9. The van der Waals surface area contributed by atoms with Crippen LogP contribution in [0.15, 0.2) is 53.3 Å². The maximum Gasteiger partial charge on any atom is 0.408 e. The lowest BCUT2D eigenvalue weighted by Gasteiger charge is -2.35. The van der Waals surface area contributed by atoms with E-state index in [2.05, 4.69) is 5.32 Å². The minimum Gasteiger partial charge on any atom is -0.465 e. The summed E-state index contributed by atoms with van der Waals surface area (Å²) in [4.78, 5) is 39.8. The minimum absolute atomic E-state index is 0.0429. The van der Waals surface area contributed by atoms with Crippen LogP contribution in [0.2, 0.25) is 0 Å². The lowest BCUT2D eigenvalue weighted by Crippen LogP contribution is -2.45. The second-order valence-corrected chi connectivity index (χ2v) is 11.3. The molecule has 0 aliphatic heterocycles. The van der Waals surface area contributed by atoms with Crippen LogP contribution in [-0.2, 0) is 24.4 Å². The van der Waals surface area contributed by atoms with Crippen molar-refractivity contribution >= 4 is 22.8 Å². The number of hydrogen-bond donors (Lipinski definition) is 2. The van der Waals surface area contributed by atoms with Gasteiger partial charge in [-0.3, -0.25) is 14.5 Å². The summed E-state index contributed by atoms with van der Waals surface area (Å²) in [6.07, 6.45) is -1.04. The van der Waals surface area contributed by atoms with Crippen molar-refractivity contribution < 1.29 is 14.7 Å². The Morgan fingerprint density at radius 1 is 1.00 bits per heavy atom. The van der Waals surface area contributed by atoms with E-state index in [-0.39, 0.29) is 29.8 Å². The van der Waals surface area contributed by atoms with Gasteiger partial charge in [0.2, 0.25) is 5.91 Å². The highest BCUT2D eigenvalue weighted by molar-refractivity contribution is 5.98. The highest BCUT2D eigenvalue weighted by Gasteiger charge is 2.30. The molecule has 7 heteroatoms. The Bertz CT molecular complexity index is 1330. The minimum atomic E-state index is -1.04. The van der Waals surface area contributed by atoms with E-state index in [1.54, 1.807) is 4.57 Å². The molecular weight excluding hydrogens is 466 g/mol. The highest BCUT2D eigenvalue weighted by Crippen LogP contribution is 2.33. The van der Waals surface area contributed by atoms with Gasteiger partial charge in [-0.2, -0.15) is 0 Å². The fourth-order valence-corrected chi connectivity index (χ4v) is 4.44. The van der Waals surface area contributed by atoms with E-state index in [4.69, 9.17) is 0 Å². The van der Waals surface area contributed by atoms with Gasteiger partial charge in [-0.15, -0.1) is 0 Å². The number of fused-ring (bicyclic) bond motifs is 1. The Morgan fingerprint density at radius 3 is 2.19 bits per heavy atom. The number of rotatable bonds is 8. The molecule has 0 bridgehead atoms. The molecule has 1 aromatic heterocycles. The first-order chi connectivity index (χ1) is 17.3. The van der Waals surface area contributed by atoms with Crippen LogP contribution in [0.4, 0.5) is 4.79 Å². The quantitative estimate of drug-likeness (QED) is 0.400. The summed E-state index contributed by atoms with van der Waals surface area (Å²) in [7, 11) is 0. The number of hydrogen-bond acceptors (Lipinski definition) is 3. The van der Waals surface area contributed by atoms with Gasteiger partial charge in [-0.25, -0.2) is 4.79 Å². The molecular formula is C30H39N3O4. The molecule has 0 radical (unpaired) electrons. The number of carbonyl (C=O) groups excluding carboxylic acids is 1. The first-order valence-electron chi connectivity index (χ1n) is 12.8. The molecule has 0 saturated heterocycles. The van der Waals surface area contributed by atoms with E-state index in [9.17, 15) is 19.5 Å². The molecule has 0 unspecified atom stereocenters. The van der Waals surface area contributed by atoms with Crippen molar-refractivity contribution in [3.05, 3.63) is 70.1 Å². The monoisotopic (exact) mass is 505 g/mol. The summed E-state index contributed by atoms with van der Waals surface area (Å²) >= 11 is 0. The van der Waals surface area contributed by atoms with Crippen molar-refractivity contribution in [1.29, 1.82) is 0 Å². The third kappa shape index (κ3) is 6.40. The summed E-state index contributed by atoms with van der Waals surface area (Å²) < 4.78 is 1.75. The number of carbonyl (C=O) groups is 2. The second kappa shape index (κ2) is 11.2. The van der Waals surface area contributed by atoms with Crippen molar-refractivity contribution in [3.63, 3.8) is 0 Å². The van der Waals surface area contributed by atoms with E-state index >= 15 is 0 Å². The Kier molecular flexibility index (Phi) is 8.46. The largest absolute Gasteiger partial charge is 0.465 e. The second-order valence-electron chi connectivity index (χ2n) is 11.3. The predicted molar refractivity (Wildman–Crippen MR) is 148 cm³/mol. The Morgan fingerprint density at radius 2 is 1.65 bits per heavy atom. The molecule has 3 rings (SSSR count). The first-order valence-corrected chi connectivity index (χ1v) is 12.8. The van der Waals surface area contributed by atoms with Gasteiger partial charge in [0.05, 0.1) is 6.54 Å². The summed E-state index contributed by atoms with van der Waals surface area (Å²) in [5.41, 5.74) is 2.47. The zero-order valence-corrected chi connectivity index (χ0v) is 23.0. The van der Waals surface area contributed by atoms with Crippen LogP contribution in [0.5, 0.6) is 0 Å². The van der Waals surface area contributed by atoms with Crippen molar-refractivity contribution in [1.82, 2.24) is 14.8 Å². The summed E-state index contributed by atoms with van der Waals surface area (Å²) in [6, 6.07) is 15.4. The number of nitrogens with one attached hydrogen (secondary N) is 1. The summed E-state index contributed by atoms with van der Waals surface area (Å²) in [5.74, 6) is 0.00392. The number of benzene rings is 2. The van der Waals surface area contributed by atoms with Gasteiger partial charge in [0.25, 0.3) is 5.56 Å². The van der Waals surface area contributed by atoms with E-state index in [0.29, 0.717) is 24.2 Å². The molecule has 0 saturated carbocycles. The van der Waals surface area contributed by atoms with Gasteiger partial charge in [0.15, 0.2) is 0 Å². The third-order valence-electron chi connectivity index (χ3n) is 6.39. The number of aromatic nitrogens is 1. The Labute approximate surface area is 219 Å². The number of amides is 2. The molecule has 2 N–H and O–H groups in total. The maximum atomic E-state index is 13.9. The summed E-state index contributed by atoms with van der Waals surface area (Å²) in [6.45, 7) is 14.2. The van der Waals surface area contributed by atoms with Gasteiger partial charge >= 0.3 is 6.09 Å². The standard InChI is InChI=1S/C30H39N3O4/c1-19(2)17-32-25(18-33(29(36)37)30(5,6)7)26(22-11-9-8-10-12-22)24-15-21(13-14-23(24)28(32)35)16-31-27(34)20(3)4/h8-15,19-20H,16-18H2,1-7H3,(H,31,34)(H,36,37). The molecule has 3 aromatic rings. The zero-order chi connectivity index (χ0) is 27.5. The van der Waals surface area contributed by atoms with Crippen LogP contribution >= 0.6 is 0 Å². The SMILES string of the molecule is CC(C)Cn1c(CN(C(=O)O)C(C)(C)C)c(-c2ccccc2)c2cc(CNC(=O)C(C)C)ccc2c1=O. The van der Waals surface area contributed by atoms with Crippen molar-refractivity contribution in [3.8, 4) is 11.1 Å². The molecule has 37 heavy (non-hydrogen) atoms. The van der Waals surface area contributed by atoms with E-state index in [0.717, 1.165) is 22.1 Å². The van der Waals surface area contributed by atoms with E-state index in [1.807, 2.05) is 97.0 Å². The fourth-order valence-electron chi connectivity index (χ4n) is 4.44. The molecule has 0 aliphatic rings. The average Bonchev–Trinajstić information content (AvgIpc) is 2.82. The lowest BCUT2D eigenvalue weighted by molar-refractivity contribution is -0.124. The third-order valence-corrected chi connectivity index (χ3v) is 6.39. The van der Waals surface area contributed by atoms with Crippen LogP contribution in [0, 0.1) is 11.8 Å². The van der Waals surface area contributed by atoms with Crippen LogP contribution < -0.4 is 10.9 Å². The fraction of sp³-hybridized carbons (Fsp3) is 0.433. The van der Waals surface area contributed by atoms with Gasteiger partial charge in [-0.1, -0.05) is 64.1 Å². The molecule has 2 amide bonds. The van der Waals surface area contributed by atoms with Gasteiger partial charge in [-0.05, 0) is 55.3 Å². The molecule has 1 heterocycles. The van der Waals surface area contributed by atoms with Gasteiger partial charge < -0.3 is 15.0 Å². The molecule has 0 fully saturated rings. The van der Waals surface area contributed by atoms with Crippen molar-refractivity contribution in [2.45, 2.75) is 73.6 Å². The number of nitrogens with zero attached hydrogens (tertiary/aromatic N) is 2. The van der Waals surface area contributed by atoms with Crippen LogP contribution in [0.1, 0.15) is 59.7 Å². The van der Waals surface area contributed by atoms with Crippen LogP contribution in [0.3, 0.4) is 0 Å². The van der Waals surface area contributed by atoms with Crippen LogP contribution in [-0.4, -0.2) is 32.1 Å². The normalized spacial score (nSPS) is 11.8. The molecule has 7 nitrogen and oxygen atoms in total. The molecule has 198 valence electrons. The predicted octanol–water partition coefficient (Wildman–Crippen LogP) is 5.88. The lowest BCUT2D eigenvalue weighted by atomic mass is 9.94. The topological polar surface area (TPSA) is 91.6 Å². The zero-order valence-electron chi connectivity index (χ0n) is 23.0. The number of pyridine rings is 1. The average molecular weight is 506 g/mol. The Balaban J connectivity index is 2.36. The van der Waals surface area contributed by atoms with E-state index < -0.39 is 11.6 Å². The number of carboxylic acid groups (broad SMARTS) is 1. The van der Waals surface area contributed by atoms with Crippen molar-refractivity contribution in [2.24, 2.45) is 11.8 Å². The smallest absolute Gasteiger partial charge is 0.408 e. The van der Waals surface area contributed by atoms with E-state index in [1.165, 1.54) is 4.90 Å². The molecule has 0 aliphatic carbocycles. The molecule has 0 atom stereocenters. The van der Waals surface area contributed by atoms with Gasteiger partial charge in [0, 0.05) is 41.2 Å². The summed E-state index contributed by atoms with van der Waals surface area (Å²) in [5, 5.41) is 14.4. The van der Waals surface area contributed by atoms with Crippen molar-refractivity contribution in [2.75, 3.05) is 0 Å². The Hall–Kier alpha value is -3.61. The molecule has 0 spiro atoms. The molecule has 2 aromatic carbocycles. The first kappa shape index (κ1) is 28.0.